The molecule has 1 aliphatic heterocycles. The summed E-state index contributed by atoms with van der Waals surface area (Å²) in [7, 11) is 0. The van der Waals surface area contributed by atoms with Crippen molar-refractivity contribution in [3.05, 3.63) is 71.1 Å². The molecule has 2 bridgehead atoms. The molecule has 15 heteroatoms. The highest BCUT2D eigenvalue weighted by Gasteiger charge is 2.53. The fraction of sp³-hybridized carbons (Fsp3) is 0.379. The van der Waals surface area contributed by atoms with Crippen molar-refractivity contribution < 1.29 is 33.6 Å². The van der Waals surface area contributed by atoms with Gasteiger partial charge >= 0.3 is 12.7 Å². The number of fused-ring (bicyclic) bond motifs is 9. The normalized spacial score (nSPS) is 23.7. The minimum Gasteiger partial charge on any atom is -0.434 e. The van der Waals surface area contributed by atoms with Gasteiger partial charge in [-0.05, 0) is 50.8 Å². The Balaban J connectivity index is 0.000000374. The van der Waals surface area contributed by atoms with Crippen LogP contribution in [-0.2, 0) is 0 Å². The van der Waals surface area contributed by atoms with Crippen LogP contribution in [0.15, 0.2) is 43.1 Å². The third-order valence-electron chi connectivity index (χ3n) is 8.22. The van der Waals surface area contributed by atoms with Gasteiger partial charge < -0.3 is 25.8 Å². The van der Waals surface area contributed by atoms with Crippen LogP contribution in [0.1, 0.15) is 70.9 Å². The topological polar surface area (TPSA) is 196 Å². The number of carbonyl (C=O) groups excluding carboxylic acids is 1. The van der Waals surface area contributed by atoms with Crippen molar-refractivity contribution in [3.8, 4) is 23.1 Å². The molecular weight excluding hydrogens is 578 g/mol. The van der Waals surface area contributed by atoms with E-state index in [2.05, 4.69) is 21.1 Å². The molecule has 5 N–H and O–H groups in total. The van der Waals surface area contributed by atoms with E-state index >= 15 is 0 Å². The van der Waals surface area contributed by atoms with E-state index in [0.717, 1.165) is 18.4 Å². The molecule has 3 aliphatic rings. The number of halogens is 2. The SMILES string of the molecule is CC1(C#N)CC(N)C1.Cc1cn2nc3c(c2nc1-c1cncnc1)C1CC3N(C(O)(O)O)C(=O)c2cccc(OC(F)F)c21. The van der Waals surface area contributed by atoms with E-state index < -0.39 is 30.6 Å². The zero-order valence-corrected chi connectivity index (χ0v) is 23.6. The Kier molecular flexibility index (Phi) is 7.05. The van der Waals surface area contributed by atoms with Crippen LogP contribution in [-0.4, -0.2) is 69.4 Å². The van der Waals surface area contributed by atoms with Gasteiger partial charge in [-0.1, -0.05) is 6.07 Å². The molecule has 2 aliphatic carbocycles. The zero-order chi connectivity index (χ0) is 31.6. The van der Waals surface area contributed by atoms with Crippen LogP contribution in [0.3, 0.4) is 0 Å². The summed E-state index contributed by atoms with van der Waals surface area (Å²) in [4.78, 5) is 26.7. The average Bonchev–Trinajstić information content (AvgIpc) is 3.44. The summed E-state index contributed by atoms with van der Waals surface area (Å²) in [6, 6.07) is 5.43. The number of ether oxygens (including phenoxy) is 1. The molecule has 44 heavy (non-hydrogen) atoms. The highest BCUT2D eigenvalue weighted by molar-refractivity contribution is 5.98. The van der Waals surface area contributed by atoms with Crippen LogP contribution in [0.4, 0.5) is 8.78 Å². The molecule has 1 saturated carbocycles. The standard InChI is InChI=1S/C23H18F2N6O5.C6H10N2/c1-10-8-30-20(28-18(10)11-6-26-9-27-7-11)17-13-5-14(19(17)29-30)31(23(33,34)35)21(32)12-3-2-4-15(16(12)13)36-22(24)25;1-6(4-7)2-5(8)3-6/h2-4,6-9,13-14,22,33-35H,5H2,1H3;5H,2-3,8H2,1H3. The Bertz CT molecular complexity index is 1800. The van der Waals surface area contributed by atoms with Gasteiger partial charge in [0.2, 0.25) is 0 Å². The Morgan fingerprint density at radius 1 is 1.20 bits per heavy atom. The summed E-state index contributed by atoms with van der Waals surface area (Å²) in [5.74, 6) is -1.94. The van der Waals surface area contributed by atoms with E-state index in [1.165, 1.54) is 29.0 Å². The first-order chi connectivity index (χ1) is 20.8. The second-order valence-corrected chi connectivity index (χ2v) is 11.5. The fourth-order valence-electron chi connectivity index (χ4n) is 6.43. The van der Waals surface area contributed by atoms with Crippen molar-refractivity contribution in [2.75, 3.05) is 0 Å². The first-order valence-corrected chi connectivity index (χ1v) is 13.7. The summed E-state index contributed by atoms with van der Waals surface area (Å²) < 4.78 is 32.8. The van der Waals surface area contributed by atoms with E-state index in [0.29, 0.717) is 33.4 Å². The van der Waals surface area contributed by atoms with Gasteiger partial charge in [0, 0.05) is 52.8 Å². The fourth-order valence-corrected chi connectivity index (χ4v) is 6.43. The number of aryl methyl sites for hydroxylation is 1. The van der Waals surface area contributed by atoms with Crippen molar-refractivity contribution in [1.29, 1.82) is 5.26 Å². The predicted octanol–water partition coefficient (Wildman–Crippen LogP) is 2.35. The maximum Gasteiger partial charge on any atom is 0.387 e. The molecule has 4 aromatic rings. The van der Waals surface area contributed by atoms with Gasteiger partial charge in [-0.3, -0.25) is 9.69 Å². The smallest absolute Gasteiger partial charge is 0.387 e. The highest BCUT2D eigenvalue weighted by Crippen LogP contribution is 2.54. The van der Waals surface area contributed by atoms with Crippen LogP contribution < -0.4 is 10.5 Å². The number of nitriles is 1. The average molecular weight is 607 g/mol. The van der Waals surface area contributed by atoms with Crippen molar-refractivity contribution in [3.63, 3.8) is 0 Å². The van der Waals surface area contributed by atoms with Gasteiger partial charge in [0.1, 0.15) is 12.1 Å². The van der Waals surface area contributed by atoms with E-state index in [1.807, 2.05) is 13.8 Å². The predicted molar refractivity (Wildman–Crippen MR) is 148 cm³/mol. The molecule has 1 fully saturated rings. The lowest BCUT2D eigenvalue weighted by Crippen LogP contribution is -2.53. The van der Waals surface area contributed by atoms with Crippen LogP contribution >= 0.6 is 0 Å². The largest absolute Gasteiger partial charge is 0.434 e. The quantitative estimate of drug-likeness (QED) is 0.249. The summed E-state index contributed by atoms with van der Waals surface area (Å²) in [6.07, 6.45) is 4.53. The van der Waals surface area contributed by atoms with Crippen LogP contribution in [0.25, 0.3) is 16.9 Å². The summed E-state index contributed by atoms with van der Waals surface area (Å²) in [5, 5.41) is 43.4. The molecule has 0 radical (unpaired) electrons. The van der Waals surface area contributed by atoms with Crippen molar-refractivity contribution in [2.45, 2.75) is 63.8 Å². The Morgan fingerprint density at radius 3 is 2.50 bits per heavy atom. The van der Waals surface area contributed by atoms with Gasteiger partial charge in [0.05, 0.1) is 28.9 Å². The number of hydrogen-bond acceptors (Lipinski definition) is 11. The van der Waals surface area contributed by atoms with E-state index in [9.17, 15) is 28.9 Å². The maximum absolute atomic E-state index is 13.4. The number of rotatable bonds is 4. The van der Waals surface area contributed by atoms with Crippen molar-refractivity contribution in [2.24, 2.45) is 11.1 Å². The molecule has 1 amide bonds. The molecule has 4 heterocycles. The van der Waals surface area contributed by atoms with Crippen LogP contribution in [0, 0.1) is 23.7 Å². The Hall–Kier alpha value is -4.62. The molecule has 0 spiro atoms. The number of hydrogen-bond donors (Lipinski definition) is 4. The number of nitrogens with zero attached hydrogens (tertiary/aromatic N) is 7. The third kappa shape index (κ3) is 4.91. The second-order valence-electron chi connectivity index (χ2n) is 11.5. The number of benzene rings is 1. The Morgan fingerprint density at radius 2 is 1.91 bits per heavy atom. The summed E-state index contributed by atoms with van der Waals surface area (Å²) in [6.45, 7) is 0.606. The molecule has 7 rings (SSSR count). The molecule has 2 atom stereocenters. The first-order valence-electron chi connectivity index (χ1n) is 13.7. The van der Waals surface area contributed by atoms with Gasteiger partial charge in [0.25, 0.3) is 5.91 Å². The molecule has 0 saturated heterocycles. The Labute approximate surface area is 249 Å². The third-order valence-corrected chi connectivity index (χ3v) is 8.22. The molecule has 3 aromatic heterocycles. The number of aromatic nitrogens is 5. The lowest BCUT2D eigenvalue weighted by Gasteiger charge is -2.37. The zero-order valence-electron chi connectivity index (χ0n) is 23.6. The summed E-state index contributed by atoms with van der Waals surface area (Å²) >= 11 is 0. The van der Waals surface area contributed by atoms with E-state index in [-0.39, 0.29) is 34.4 Å². The van der Waals surface area contributed by atoms with Crippen LogP contribution in [0.5, 0.6) is 5.75 Å². The van der Waals surface area contributed by atoms with Crippen molar-refractivity contribution >= 4 is 11.6 Å². The molecule has 1 aromatic carbocycles. The number of carbonyl (C=O) groups is 1. The first kappa shape index (κ1) is 29.5. The maximum atomic E-state index is 13.4. The number of aliphatic hydroxyl groups is 3. The lowest BCUT2D eigenvalue weighted by atomic mass is 9.68. The van der Waals surface area contributed by atoms with Gasteiger partial charge in [-0.25, -0.2) is 19.5 Å². The second kappa shape index (κ2) is 10.5. The lowest BCUT2D eigenvalue weighted by molar-refractivity contribution is -0.385. The van der Waals surface area contributed by atoms with Gasteiger partial charge in [0.15, 0.2) is 5.65 Å². The molecule has 2 unspecified atom stereocenters. The highest BCUT2D eigenvalue weighted by atomic mass is 19.3. The monoisotopic (exact) mass is 606 g/mol. The van der Waals surface area contributed by atoms with Gasteiger partial charge in [-0.2, -0.15) is 19.1 Å². The minimum absolute atomic E-state index is 0.0271. The van der Waals surface area contributed by atoms with Gasteiger partial charge in [-0.15, -0.1) is 0 Å². The summed E-state index contributed by atoms with van der Waals surface area (Å²) in [5.41, 5.74) is 8.46. The number of alkyl halides is 2. The molecule has 228 valence electrons. The minimum atomic E-state index is -3.54. The van der Waals surface area contributed by atoms with E-state index in [4.69, 9.17) is 20.7 Å². The van der Waals surface area contributed by atoms with Crippen molar-refractivity contribution in [1.82, 2.24) is 29.5 Å². The van der Waals surface area contributed by atoms with E-state index in [1.54, 1.807) is 18.6 Å². The molecule has 13 nitrogen and oxygen atoms in total. The molecular formula is C29H28F2N8O5. The number of nitrogens with two attached hydrogens (primary N) is 1. The number of amides is 1. The van der Waals surface area contributed by atoms with Crippen LogP contribution in [0.2, 0.25) is 0 Å².